The number of carbonyl (C=O) groups is 1. The van der Waals surface area contributed by atoms with E-state index in [0.717, 1.165) is 5.56 Å². The van der Waals surface area contributed by atoms with Crippen molar-refractivity contribution in [1.29, 1.82) is 0 Å². The zero-order valence-electron chi connectivity index (χ0n) is 12.8. The van der Waals surface area contributed by atoms with Crippen LogP contribution in [0.15, 0.2) is 30.3 Å². The first-order chi connectivity index (χ1) is 9.21. The van der Waals surface area contributed by atoms with Gasteiger partial charge in [0.25, 0.3) is 0 Å². The average Bonchev–Trinajstić information content (AvgIpc) is 2.32. The summed E-state index contributed by atoms with van der Waals surface area (Å²) in [5.41, 5.74) is 0.407. The molecule has 20 heavy (non-hydrogen) atoms. The van der Waals surface area contributed by atoms with E-state index in [0.29, 0.717) is 12.8 Å². The molecule has 2 atom stereocenters. The Morgan fingerprint density at radius 2 is 1.85 bits per heavy atom. The summed E-state index contributed by atoms with van der Waals surface area (Å²) in [4.78, 5) is 12.4. The van der Waals surface area contributed by atoms with Gasteiger partial charge in [-0.2, -0.15) is 0 Å². The van der Waals surface area contributed by atoms with E-state index in [1.165, 1.54) is 0 Å². The van der Waals surface area contributed by atoms with E-state index in [2.05, 4.69) is 19.2 Å². The van der Waals surface area contributed by atoms with Crippen LogP contribution in [0.4, 0.5) is 0 Å². The van der Waals surface area contributed by atoms with Crippen molar-refractivity contribution in [3.8, 4) is 0 Å². The molecular formula is C17H25NO2. The highest BCUT2D eigenvalue weighted by molar-refractivity contribution is 5.84. The van der Waals surface area contributed by atoms with Gasteiger partial charge in [0.2, 0.25) is 0 Å². The lowest BCUT2D eigenvalue weighted by Crippen LogP contribution is -2.63. The Morgan fingerprint density at radius 3 is 2.40 bits per heavy atom. The number of Topliss-reactive ketones (excluding diaryl/α,β-unsaturated/α-hetero) is 1. The van der Waals surface area contributed by atoms with E-state index in [4.69, 9.17) is 0 Å². The zero-order valence-corrected chi connectivity index (χ0v) is 12.8. The van der Waals surface area contributed by atoms with Gasteiger partial charge < -0.3 is 10.4 Å². The van der Waals surface area contributed by atoms with E-state index >= 15 is 0 Å². The maximum absolute atomic E-state index is 12.4. The molecule has 2 unspecified atom stereocenters. The Labute approximate surface area is 121 Å². The number of carbonyl (C=O) groups excluding carboxylic acids is 1. The Balaban J connectivity index is 2.14. The molecule has 2 rings (SSSR count). The van der Waals surface area contributed by atoms with Crippen molar-refractivity contribution in [3.63, 3.8) is 0 Å². The highest BCUT2D eigenvalue weighted by atomic mass is 16.3. The number of nitrogens with one attached hydrogen (secondary N) is 1. The summed E-state index contributed by atoms with van der Waals surface area (Å²) in [7, 11) is 0. The number of hydrogen-bond donors (Lipinski definition) is 2. The molecule has 1 saturated heterocycles. The fraction of sp³-hybridized carbons (Fsp3) is 0.588. The maximum Gasteiger partial charge on any atom is 0.139 e. The lowest BCUT2D eigenvalue weighted by molar-refractivity contribution is -0.132. The van der Waals surface area contributed by atoms with E-state index < -0.39 is 6.10 Å². The van der Waals surface area contributed by atoms with Gasteiger partial charge in [0.15, 0.2) is 0 Å². The number of ketones is 1. The number of aliphatic hydroxyl groups is 1. The van der Waals surface area contributed by atoms with E-state index in [-0.39, 0.29) is 22.8 Å². The smallest absolute Gasteiger partial charge is 0.139 e. The monoisotopic (exact) mass is 275 g/mol. The third kappa shape index (κ3) is 3.28. The van der Waals surface area contributed by atoms with Crippen LogP contribution in [0.2, 0.25) is 0 Å². The van der Waals surface area contributed by atoms with Crippen molar-refractivity contribution in [1.82, 2.24) is 5.32 Å². The molecule has 0 aliphatic carbocycles. The highest BCUT2D eigenvalue weighted by Crippen LogP contribution is 2.36. The van der Waals surface area contributed by atoms with Gasteiger partial charge in [0.05, 0.1) is 6.10 Å². The second-order valence-corrected chi connectivity index (χ2v) is 7.09. The average molecular weight is 275 g/mol. The fourth-order valence-electron chi connectivity index (χ4n) is 3.43. The van der Waals surface area contributed by atoms with Gasteiger partial charge in [-0.1, -0.05) is 30.3 Å². The highest BCUT2D eigenvalue weighted by Gasteiger charge is 2.45. The van der Waals surface area contributed by atoms with Crippen LogP contribution in [0.5, 0.6) is 0 Å². The van der Waals surface area contributed by atoms with Crippen LogP contribution in [-0.2, 0) is 4.79 Å². The molecule has 1 aliphatic heterocycles. The first-order valence-corrected chi connectivity index (χ1v) is 7.26. The largest absolute Gasteiger partial charge is 0.388 e. The van der Waals surface area contributed by atoms with Crippen molar-refractivity contribution < 1.29 is 9.90 Å². The lowest BCUT2D eigenvalue weighted by atomic mass is 9.71. The summed E-state index contributed by atoms with van der Waals surface area (Å²) < 4.78 is 0. The van der Waals surface area contributed by atoms with E-state index in [1.54, 1.807) is 0 Å². The first-order valence-electron chi connectivity index (χ1n) is 7.26. The van der Waals surface area contributed by atoms with Gasteiger partial charge in [0, 0.05) is 23.4 Å². The summed E-state index contributed by atoms with van der Waals surface area (Å²) >= 11 is 0. The van der Waals surface area contributed by atoms with Gasteiger partial charge in [-0.15, -0.1) is 0 Å². The van der Waals surface area contributed by atoms with Crippen LogP contribution in [0.25, 0.3) is 0 Å². The Hall–Kier alpha value is -1.19. The third-order valence-electron chi connectivity index (χ3n) is 4.18. The molecule has 1 heterocycles. The Kier molecular flexibility index (Phi) is 4.03. The normalized spacial score (nSPS) is 26.2. The summed E-state index contributed by atoms with van der Waals surface area (Å²) in [5.74, 6) is 0.0828. The predicted octanol–water partition coefficient (Wildman–Crippen LogP) is 2.85. The van der Waals surface area contributed by atoms with Gasteiger partial charge in [-0.3, -0.25) is 4.79 Å². The lowest BCUT2D eigenvalue weighted by Gasteiger charge is -2.47. The molecule has 0 spiro atoms. The molecule has 0 aromatic heterocycles. The van der Waals surface area contributed by atoms with Gasteiger partial charge in [-0.05, 0) is 39.7 Å². The van der Waals surface area contributed by atoms with Gasteiger partial charge in [-0.25, -0.2) is 0 Å². The molecule has 3 nitrogen and oxygen atoms in total. The molecule has 1 fully saturated rings. The molecule has 3 heteroatoms. The van der Waals surface area contributed by atoms with E-state index in [1.807, 2.05) is 44.2 Å². The van der Waals surface area contributed by atoms with E-state index in [9.17, 15) is 9.90 Å². The van der Waals surface area contributed by atoms with Crippen LogP contribution < -0.4 is 5.32 Å². The molecular weight excluding hydrogens is 250 g/mol. The quantitative estimate of drug-likeness (QED) is 0.892. The summed E-state index contributed by atoms with van der Waals surface area (Å²) in [6.07, 6.45) is 0.397. The zero-order chi connectivity index (χ0) is 15.0. The molecule has 1 aromatic carbocycles. The minimum absolute atomic E-state index is 0.161. The second-order valence-electron chi connectivity index (χ2n) is 7.09. The molecule has 110 valence electrons. The standard InChI is InChI=1S/C17H25NO2/c1-16(2)11-15(20)13(17(3,4)18-16)10-14(19)12-8-6-5-7-9-12/h5-9,13-14,18-19H,10-11H2,1-4H3. The first kappa shape index (κ1) is 15.2. The Morgan fingerprint density at radius 1 is 1.25 bits per heavy atom. The van der Waals surface area contributed by atoms with Crippen molar-refractivity contribution in [2.24, 2.45) is 5.92 Å². The number of aliphatic hydroxyl groups excluding tert-OH is 1. The van der Waals surface area contributed by atoms with Crippen LogP contribution in [0.3, 0.4) is 0 Å². The number of piperidine rings is 1. The number of benzene rings is 1. The van der Waals surface area contributed by atoms with Crippen molar-refractivity contribution in [3.05, 3.63) is 35.9 Å². The molecule has 0 bridgehead atoms. The van der Waals surface area contributed by atoms with Crippen LogP contribution >= 0.6 is 0 Å². The molecule has 2 N–H and O–H groups in total. The number of hydrogen-bond acceptors (Lipinski definition) is 3. The maximum atomic E-state index is 12.4. The molecule has 0 radical (unpaired) electrons. The van der Waals surface area contributed by atoms with Crippen LogP contribution in [0.1, 0.15) is 52.2 Å². The summed E-state index contributed by atoms with van der Waals surface area (Å²) in [6.45, 7) is 8.20. The molecule has 0 saturated carbocycles. The predicted molar refractivity (Wildman–Crippen MR) is 80.4 cm³/mol. The van der Waals surface area contributed by atoms with Crippen LogP contribution in [-0.4, -0.2) is 22.0 Å². The molecule has 0 amide bonds. The van der Waals surface area contributed by atoms with Crippen LogP contribution in [0, 0.1) is 5.92 Å². The summed E-state index contributed by atoms with van der Waals surface area (Å²) in [5, 5.41) is 13.9. The van der Waals surface area contributed by atoms with Gasteiger partial charge >= 0.3 is 0 Å². The van der Waals surface area contributed by atoms with Crippen molar-refractivity contribution in [2.45, 2.75) is 57.7 Å². The van der Waals surface area contributed by atoms with Crippen molar-refractivity contribution in [2.75, 3.05) is 0 Å². The topological polar surface area (TPSA) is 49.3 Å². The van der Waals surface area contributed by atoms with Gasteiger partial charge in [0.1, 0.15) is 5.78 Å². The fourth-order valence-corrected chi connectivity index (χ4v) is 3.43. The minimum Gasteiger partial charge on any atom is -0.388 e. The SMILES string of the molecule is CC1(C)CC(=O)C(CC(O)c2ccccc2)C(C)(C)N1. The second kappa shape index (κ2) is 5.30. The third-order valence-corrected chi connectivity index (χ3v) is 4.18. The minimum atomic E-state index is -0.590. The summed E-state index contributed by atoms with van der Waals surface area (Å²) in [6, 6.07) is 9.56. The Bertz CT molecular complexity index is 479. The molecule has 1 aliphatic rings. The molecule has 1 aromatic rings. The number of rotatable bonds is 3. The van der Waals surface area contributed by atoms with Crippen molar-refractivity contribution >= 4 is 5.78 Å².